The Morgan fingerprint density at radius 1 is 1.11 bits per heavy atom. The maximum absolute atomic E-state index is 13.9. The number of benzene rings is 1. The molecule has 0 N–H and O–H groups in total. The minimum Gasteiger partial charge on any atom is -0.468 e. The summed E-state index contributed by atoms with van der Waals surface area (Å²) in [4.78, 5) is 21.0. The number of alkyl halides is 3. The van der Waals surface area contributed by atoms with Gasteiger partial charge in [0.2, 0.25) is 0 Å². The fourth-order valence-electron chi connectivity index (χ4n) is 5.91. The second kappa shape index (κ2) is 13.5. The predicted octanol–water partition coefficient (Wildman–Crippen LogP) is 6.46. The van der Waals surface area contributed by atoms with Gasteiger partial charge in [0.05, 0.1) is 17.8 Å². The Labute approximate surface area is 261 Å². The van der Waals surface area contributed by atoms with Gasteiger partial charge in [0.25, 0.3) is 0 Å². The smallest absolute Gasteiger partial charge is 0.410 e. The number of carbonyl (C=O) groups is 1. The third-order valence-electron chi connectivity index (χ3n) is 7.94. The van der Waals surface area contributed by atoms with E-state index in [1.807, 2.05) is 46.8 Å². The molecular weight excluding hydrogens is 591 g/mol. The summed E-state index contributed by atoms with van der Waals surface area (Å²) in [7, 11) is 1.55. The van der Waals surface area contributed by atoms with Crippen LogP contribution >= 0.6 is 0 Å². The van der Waals surface area contributed by atoms with E-state index >= 15 is 0 Å². The number of halogens is 3. The first-order chi connectivity index (χ1) is 21.3. The minimum atomic E-state index is -4.41. The third kappa shape index (κ3) is 8.25. The van der Waals surface area contributed by atoms with Crippen molar-refractivity contribution in [3.63, 3.8) is 0 Å². The summed E-state index contributed by atoms with van der Waals surface area (Å²) in [5.74, 6) is 0.635. The molecule has 0 aliphatic carbocycles. The number of aromatic nitrogens is 3. The van der Waals surface area contributed by atoms with E-state index in [2.05, 4.69) is 0 Å². The molecule has 10 nitrogen and oxygen atoms in total. The fourth-order valence-corrected chi connectivity index (χ4v) is 5.91. The lowest BCUT2D eigenvalue weighted by Gasteiger charge is -2.42. The Hall–Kier alpha value is -3.42. The van der Waals surface area contributed by atoms with Gasteiger partial charge in [-0.1, -0.05) is 0 Å². The van der Waals surface area contributed by atoms with Gasteiger partial charge in [0.1, 0.15) is 11.4 Å². The number of nitrogens with zero attached hydrogens (tertiary/aromatic N) is 5. The molecule has 1 unspecified atom stereocenters. The van der Waals surface area contributed by atoms with Crippen LogP contribution in [0.3, 0.4) is 0 Å². The molecule has 2 aliphatic heterocycles. The van der Waals surface area contributed by atoms with Crippen LogP contribution in [0, 0.1) is 6.92 Å². The molecule has 1 aromatic carbocycles. The van der Waals surface area contributed by atoms with E-state index in [4.69, 9.17) is 29.0 Å². The molecule has 1 amide bonds. The maximum Gasteiger partial charge on any atom is 0.410 e. The molecule has 0 saturated carbocycles. The van der Waals surface area contributed by atoms with Gasteiger partial charge in [0.15, 0.2) is 18.7 Å². The Bertz CT molecular complexity index is 1470. The molecule has 3 aromatic rings. The van der Waals surface area contributed by atoms with Crippen molar-refractivity contribution >= 4 is 17.1 Å². The zero-order valence-electron chi connectivity index (χ0n) is 26.5. The molecule has 2 atom stereocenters. The Balaban J connectivity index is 1.52. The van der Waals surface area contributed by atoms with Crippen LogP contribution in [-0.2, 0) is 20.8 Å². The number of rotatable bonds is 8. The lowest BCUT2D eigenvalue weighted by Crippen LogP contribution is -2.56. The first kappa shape index (κ1) is 33.0. The van der Waals surface area contributed by atoms with Crippen LogP contribution in [0.1, 0.15) is 63.9 Å². The van der Waals surface area contributed by atoms with Crippen LogP contribution in [0.5, 0.6) is 5.75 Å². The summed E-state index contributed by atoms with van der Waals surface area (Å²) in [5.41, 5.74) is 2.91. The highest BCUT2D eigenvalue weighted by Gasteiger charge is 2.40. The average Bonchev–Trinajstić information content (AvgIpc) is 3.32. The van der Waals surface area contributed by atoms with Crippen molar-refractivity contribution < 1.29 is 36.9 Å². The monoisotopic (exact) mass is 633 g/mol. The van der Waals surface area contributed by atoms with E-state index in [0.717, 1.165) is 41.5 Å². The molecular formula is C32H42F3N5O5. The predicted molar refractivity (Wildman–Crippen MR) is 162 cm³/mol. The number of pyridine rings is 1. The van der Waals surface area contributed by atoms with Gasteiger partial charge in [0, 0.05) is 56.9 Å². The maximum atomic E-state index is 13.9. The van der Waals surface area contributed by atoms with Gasteiger partial charge in [-0.3, -0.25) is 4.90 Å². The van der Waals surface area contributed by atoms with Gasteiger partial charge in [-0.2, -0.15) is 18.3 Å². The van der Waals surface area contributed by atoms with Gasteiger partial charge < -0.3 is 23.8 Å². The number of ether oxygens (including phenoxy) is 4. The SMILES string of the molecule is COCOc1ccc(-c2cc(CN3CCN(C(=O)OC(C)(C)C)C[C@H]3CC(F)(F)F)c3c(C)nn(C4CCCCO4)c3n2)cc1. The molecule has 0 bridgehead atoms. The minimum absolute atomic E-state index is 0.0907. The van der Waals surface area contributed by atoms with Crippen LogP contribution in [0.25, 0.3) is 22.3 Å². The first-order valence-corrected chi connectivity index (χ1v) is 15.3. The van der Waals surface area contributed by atoms with Crippen LogP contribution in [-0.4, -0.2) is 88.6 Å². The summed E-state index contributed by atoms with van der Waals surface area (Å²) < 4.78 is 65.5. The van der Waals surface area contributed by atoms with Crippen molar-refractivity contribution in [2.45, 2.75) is 84.0 Å². The number of carbonyl (C=O) groups excluding carboxylic acids is 1. The van der Waals surface area contributed by atoms with Crippen molar-refractivity contribution in [3.05, 3.63) is 41.6 Å². The standard InChI is InChI=1S/C32H42F3N5O5/c1-21-28-23(18-38-13-14-39(30(41)45-31(2,3)4)19-24(38)17-32(33,34)35)16-26(22-9-11-25(12-10-22)44-20-42-5)36-29(28)40(37-21)27-8-6-7-15-43-27/h9-12,16,24,27H,6-8,13-15,17-20H2,1-5H3/t24-,27?/m1/s1. The average molecular weight is 634 g/mol. The summed E-state index contributed by atoms with van der Waals surface area (Å²) in [5, 5.41) is 5.62. The molecule has 2 saturated heterocycles. The topological polar surface area (TPSA) is 91.2 Å². The molecule has 0 radical (unpaired) electrons. The molecule has 2 fully saturated rings. The van der Waals surface area contributed by atoms with Gasteiger partial charge in [-0.25, -0.2) is 14.5 Å². The Morgan fingerprint density at radius 2 is 1.87 bits per heavy atom. The van der Waals surface area contributed by atoms with Crippen LogP contribution in [0.15, 0.2) is 30.3 Å². The van der Waals surface area contributed by atoms with E-state index < -0.39 is 30.3 Å². The largest absolute Gasteiger partial charge is 0.468 e. The zero-order valence-corrected chi connectivity index (χ0v) is 26.5. The van der Waals surface area contributed by atoms with Gasteiger partial charge >= 0.3 is 12.3 Å². The number of fused-ring (bicyclic) bond motifs is 1. The number of hydrogen-bond acceptors (Lipinski definition) is 8. The fraction of sp³-hybridized carbons (Fsp3) is 0.594. The number of aryl methyl sites for hydroxylation is 1. The second-order valence-electron chi connectivity index (χ2n) is 12.7. The second-order valence-corrected chi connectivity index (χ2v) is 12.7. The van der Waals surface area contributed by atoms with Crippen LogP contribution < -0.4 is 4.74 Å². The molecule has 246 valence electrons. The van der Waals surface area contributed by atoms with Crippen molar-refractivity contribution in [3.8, 4) is 17.0 Å². The van der Waals surface area contributed by atoms with E-state index in [9.17, 15) is 18.0 Å². The highest BCUT2D eigenvalue weighted by atomic mass is 19.4. The highest BCUT2D eigenvalue weighted by molar-refractivity contribution is 5.85. The lowest BCUT2D eigenvalue weighted by atomic mass is 10.0. The molecule has 13 heteroatoms. The quantitative estimate of drug-likeness (QED) is 0.261. The van der Waals surface area contributed by atoms with Crippen molar-refractivity contribution in [1.29, 1.82) is 0 Å². The van der Waals surface area contributed by atoms with E-state index in [1.165, 1.54) is 4.90 Å². The molecule has 5 rings (SSSR count). The van der Waals surface area contributed by atoms with Crippen LogP contribution in [0.2, 0.25) is 0 Å². The first-order valence-electron chi connectivity index (χ1n) is 15.3. The Kier molecular flexibility index (Phi) is 9.90. The lowest BCUT2D eigenvalue weighted by molar-refractivity contribution is -0.152. The van der Waals surface area contributed by atoms with Gasteiger partial charge in [-0.05, 0) is 82.9 Å². The summed E-state index contributed by atoms with van der Waals surface area (Å²) in [6.45, 7) is 8.49. The summed E-state index contributed by atoms with van der Waals surface area (Å²) >= 11 is 0. The zero-order chi connectivity index (χ0) is 32.4. The third-order valence-corrected chi connectivity index (χ3v) is 7.94. The molecule has 2 aliphatic rings. The number of amides is 1. The number of hydrogen-bond donors (Lipinski definition) is 0. The molecule has 2 aromatic heterocycles. The molecule has 0 spiro atoms. The van der Waals surface area contributed by atoms with E-state index in [0.29, 0.717) is 23.7 Å². The summed E-state index contributed by atoms with van der Waals surface area (Å²) in [6.07, 6.45) is -3.57. The van der Waals surface area contributed by atoms with E-state index in [-0.39, 0.29) is 39.2 Å². The normalized spacial score (nSPS) is 20.0. The van der Waals surface area contributed by atoms with Crippen molar-refractivity contribution in [2.24, 2.45) is 0 Å². The van der Waals surface area contributed by atoms with Gasteiger partial charge in [-0.15, -0.1) is 0 Å². The molecule has 45 heavy (non-hydrogen) atoms. The number of piperazine rings is 1. The van der Waals surface area contributed by atoms with Crippen LogP contribution in [0.4, 0.5) is 18.0 Å². The highest BCUT2D eigenvalue weighted by Crippen LogP contribution is 2.34. The van der Waals surface area contributed by atoms with Crippen molar-refractivity contribution in [1.82, 2.24) is 24.6 Å². The molecule has 4 heterocycles. The summed E-state index contributed by atoms with van der Waals surface area (Å²) in [6, 6.07) is 8.40. The Morgan fingerprint density at radius 3 is 2.51 bits per heavy atom. The van der Waals surface area contributed by atoms with Crippen molar-refractivity contribution in [2.75, 3.05) is 40.1 Å². The van der Waals surface area contributed by atoms with E-state index in [1.54, 1.807) is 27.9 Å². The number of methoxy groups -OCH3 is 1.